The number of anilines is 1. The number of halogens is 4. The summed E-state index contributed by atoms with van der Waals surface area (Å²) >= 11 is 5.76. The van der Waals surface area contributed by atoms with E-state index in [9.17, 15) is 32.3 Å². The molecule has 1 aliphatic heterocycles. The number of carbonyl (C=O) groups is 4. The molecule has 1 N–H and O–H groups in total. The standard InChI is InChI=1S/C21H14ClF3N2O5/c1-2-8-27-18(29)12-7-6-11(9-13(12)19(27)30)20(31)32-10-16(28)26-17-14(21(23,24)25)4-3-5-15(17)22/h2-7,9H,1,8,10H2,(H,26,28). The smallest absolute Gasteiger partial charge is 0.418 e. The van der Waals surface area contributed by atoms with Crippen molar-refractivity contribution in [1.29, 1.82) is 0 Å². The number of carbonyl (C=O) groups excluding carboxylic acids is 4. The third-order valence-electron chi connectivity index (χ3n) is 4.44. The number of fused-ring (bicyclic) bond motifs is 1. The fraction of sp³-hybridized carbons (Fsp3) is 0.143. The van der Waals surface area contributed by atoms with Crippen LogP contribution >= 0.6 is 11.6 Å². The van der Waals surface area contributed by atoms with Gasteiger partial charge < -0.3 is 10.1 Å². The first-order chi connectivity index (χ1) is 15.0. The molecule has 32 heavy (non-hydrogen) atoms. The predicted octanol–water partition coefficient (Wildman–Crippen LogP) is 3.94. The van der Waals surface area contributed by atoms with Gasteiger partial charge in [0.25, 0.3) is 17.7 Å². The Kier molecular flexibility index (Phi) is 6.35. The first-order valence-electron chi connectivity index (χ1n) is 8.98. The van der Waals surface area contributed by atoms with Gasteiger partial charge in [0.2, 0.25) is 0 Å². The van der Waals surface area contributed by atoms with E-state index in [2.05, 4.69) is 6.58 Å². The monoisotopic (exact) mass is 466 g/mol. The van der Waals surface area contributed by atoms with Gasteiger partial charge in [-0.15, -0.1) is 6.58 Å². The largest absolute Gasteiger partial charge is 0.452 e. The van der Waals surface area contributed by atoms with Crippen LogP contribution in [0.5, 0.6) is 0 Å². The zero-order chi connectivity index (χ0) is 23.6. The Labute approximate surface area is 184 Å². The molecule has 0 aromatic heterocycles. The summed E-state index contributed by atoms with van der Waals surface area (Å²) in [4.78, 5) is 49.8. The van der Waals surface area contributed by atoms with Crippen LogP contribution in [0.15, 0.2) is 49.1 Å². The van der Waals surface area contributed by atoms with Gasteiger partial charge in [0.05, 0.1) is 33.0 Å². The second-order valence-corrected chi connectivity index (χ2v) is 6.96. The van der Waals surface area contributed by atoms with Gasteiger partial charge in [-0.05, 0) is 30.3 Å². The summed E-state index contributed by atoms with van der Waals surface area (Å²) in [7, 11) is 0. The van der Waals surface area contributed by atoms with Crippen molar-refractivity contribution in [1.82, 2.24) is 4.90 Å². The van der Waals surface area contributed by atoms with Crippen molar-refractivity contribution in [2.24, 2.45) is 0 Å². The van der Waals surface area contributed by atoms with Gasteiger partial charge in [-0.1, -0.05) is 23.7 Å². The van der Waals surface area contributed by atoms with Gasteiger partial charge in [-0.2, -0.15) is 13.2 Å². The van der Waals surface area contributed by atoms with Crippen LogP contribution in [0, 0.1) is 0 Å². The number of para-hydroxylation sites is 1. The number of esters is 1. The van der Waals surface area contributed by atoms with Gasteiger partial charge in [0, 0.05) is 6.54 Å². The van der Waals surface area contributed by atoms with Gasteiger partial charge in [-0.3, -0.25) is 19.3 Å². The molecule has 2 aromatic rings. The van der Waals surface area contributed by atoms with E-state index >= 15 is 0 Å². The average Bonchev–Trinajstić information content (AvgIpc) is 2.97. The summed E-state index contributed by atoms with van der Waals surface area (Å²) in [6.45, 7) is 2.55. The van der Waals surface area contributed by atoms with Crippen molar-refractivity contribution < 1.29 is 37.1 Å². The average molecular weight is 467 g/mol. The number of hydrogen-bond donors (Lipinski definition) is 1. The van der Waals surface area contributed by atoms with E-state index in [1.165, 1.54) is 18.2 Å². The van der Waals surface area contributed by atoms with Gasteiger partial charge in [-0.25, -0.2) is 4.79 Å². The van der Waals surface area contributed by atoms with Gasteiger partial charge >= 0.3 is 12.1 Å². The zero-order valence-corrected chi connectivity index (χ0v) is 16.9. The van der Waals surface area contributed by atoms with Crippen LogP contribution < -0.4 is 5.32 Å². The van der Waals surface area contributed by atoms with E-state index < -0.39 is 47.7 Å². The molecule has 0 bridgehead atoms. The lowest BCUT2D eigenvalue weighted by Gasteiger charge is -2.15. The van der Waals surface area contributed by atoms with Crippen LogP contribution in [0.1, 0.15) is 36.6 Å². The third kappa shape index (κ3) is 4.50. The minimum atomic E-state index is -4.77. The number of nitrogens with zero attached hydrogens (tertiary/aromatic N) is 1. The van der Waals surface area contributed by atoms with Crippen molar-refractivity contribution in [3.05, 3.63) is 76.3 Å². The number of rotatable bonds is 6. The van der Waals surface area contributed by atoms with E-state index in [1.54, 1.807) is 0 Å². The molecule has 0 fully saturated rings. The molecule has 166 valence electrons. The summed E-state index contributed by atoms with van der Waals surface area (Å²) in [6.07, 6.45) is -3.39. The number of ether oxygens (including phenoxy) is 1. The lowest BCUT2D eigenvalue weighted by atomic mass is 10.1. The van der Waals surface area contributed by atoms with Crippen LogP contribution in [0.25, 0.3) is 0 Å². The van der Waals surface area contributed by atoms with Crippen LogP contribution in [0.4, 0.5) is 18.9 Å². The summed E-state index contributed by atoms with van der Waals surface area (Å²) in [5.41, 5.74) is -1.85. The summed E-state index contributed by atoms with van der Waals surface area (Å²) in [5, 5.41) is 1.64. The molecule has 3 rings (SSSR count). The molecule has 3 amide bonds. The first kappa shape index (κ1) is 23.0. The molecular formula is C21H14ClF3N2O5. The van der Waals surface area contributed by atoms with E-state index in [0.29, 0.717) is 0 Å². The van der Waals surface area contributed by atoms with Crippen LogP contribution in [0.3, 0.4) is 0 Å². The Hall–Kier alpha value is -3.66. The molecule has 0 aliphatic carbocycles. The molecule has 11 heteroatoms. The highest BCUT2D eigenvalue weighted by Gasteiger charge is 2.36. The summed E-state index contributed by atoms with van der Waals surface area (Å²) in [5.74, 6) is -3.22. The Bertz CT molecular complexity index is 1150. The van der Waals surface area contributed by atoms with Crippen LogP contribution in [-0.4, -0.2) is 41.7 Å². The third-order valence-corrected chi connectivity index (χ3v) is 4.75. The number of hydrogen-bond acceptors (Lipinski definition) is 5. The van der Waals surface area contributed by atoms with Crippen molar-refractivity contribution in [2.45, 2.75) is 6.18 Å². The van der Waals surface area contributed by atoms with Gasteiger partial charge in [0.1, 0.15) is 0 Å². The second-order valence-electron chi connectivity index (χ2n) is 6.55. The summed E-state index contributed by atoms with van der Waals surface area (Å²) < 4.78 is 44.1. The Morgan fingerprint density at radius 2 is 1.81 bits per heavy atom. The molecule has 7 nitrogen and oxygen atoms in total. The van der Waals surface area contributed by atoms with E-state index in [4.69, 9.17) is 16.3 Å². The normalized spacial score (nSPS) is 13.1. The van der Waals surface area contributed by atoms with E-state index in [0.717, 1.165) is 29.2 Å². The van der Waals surface area contributed by atoms with Crippen molar-refractivity contribution >= 4 is 41.0 Å². The molecule has 0 saturated carbocycles. The fourth-order valence-electron chi connectivity index (χ4n) is 2.99. The number of benzene rings is 2. The minimum Gasteiger partial charge on any atom is -0.452 e. The number of alkyl halides is 3. The molecule has 0 atom stereocenters. The highest BCUT2D eigenvalue weighted by Crippen LogP contribution is 2.38. The Morgan fingerprint density at radius 3 is 2.47 bits per heavy atom. The molecule has 1 aliphatic rings. The molecule has 0 radical (unpaired) electrons. The number of nitrogens with one attached hydrogen (secondary N) is 1. The molecule has 2 aromatic carbocycles. The highest BCUT2D eigenvalue weighted by atomic mass is 35.5. The van der Waals surface area contributed by atoms with Gasteiger partial charge in [0.15, 0.2) is 6.61 Å². The van der Waals surface area contributed by atoms with Crippen LogP contribution in [-0.2, 0) is 15.7 Å². The fourth-order valence-corrected chi connectivity index (χ4v) is 3.21. The maximum absolute atomic E-state index is 13.1. The lowest BCUT2D eigenvalue weighted by Crippen LogP contribution is -2.29. The van der Waals surface area contributed by atoms with Crippen molar-refractivity contribution in [3.8, 4) is 0 Å². The second kappa shape index (κ2) is 8.83. The Balaban J connectivity index is 1.69. The van der Waals surface area contributed by atoms with Crippen molar-refractivity contribution in [2.75, 3.05) is 18.5 Å². The van der Waals surface area contributed by atoms with Crippen LogP contribution in [0.2, 0.25) is 5.02 Å². The molecule has 0 unspecified atom stereocenters. The zero-order valence-electron chi connectivity index (χ0n) is 16.2. The molecule has 0 spiro atoms. The highest BCUT2D eigenvalue weighted by molar-refractivity contribution is 6.34. The first-order valence-corrected chi connectivity index (χ1v) is 9.36. The topological polar surface area (TPSA) is 92.8 Å². The lowest BCUT2D eigenvalue weighted by molar-refractivity contribution is -0.137. The van der Waals surface area contributed by atoms with E-state index in [-0.39, 0.29) is 28.3 Å². The Morgan fingerprint density at radius 1 is 1.12 bits per heavy atom. The number of amides is 3. The molecule has 1 heterocycles. The maximum atomic E-state index is 13.1. The predicted molar refractivity (Wildman–Crippen MR) is 107 cm³/mol. The SMILES string of the molecule is C=CCN1C(=O)c2ccc(C(=O)OCC(=O)Nc3c(Cl)cccc3C(F)(F)F)cc2C1=O. The molecule has 0 saturated heterocycles. The van der Waals surface area contributed by atoms with Crippen molar-refractivity contribution in [3.63, 3.8) is 0 Å². The number of imide groups is 1. The molecular weight excluding hydrogens is 453 g/mol. The maximum Gasteiger partial charge on any atom is 0.418 e. The minimum absolute atomic E-state index is 0.00570. The summed E-state index contributed by atoms with van der Waals surface area (Å²) in [6, 6.07) is 6.64. The quantitative estimate of drug-likeness (QED) is 0.395. The van der Waals surface area contributed by atoms with E-state index in [1.807, 2.05) is 5.32 Å².